The molecule has 0 aliphatic heterocycles. The number of hydrogen-bond donors (Lipinski definition) is 3. The number of hydrogen-bond acceptors (Lipinski definition) is 5. The number of nitrogens with two attached hydrogens (primary N) is 1. The van der Waals surface area contributed by atoms with E-state index in [1.807, 2.05) is 0 Å². The van der Waals surface area contributed by atoms with Crippen LogP contribution in [0, 0.1) is 6.92 Å². The molecule has 0 amide bonds. The van der Waals surface area contributed by atoms with E-state index in [0.29, 0.717) is 30.3 Å². The first kappa shape index (κ1) is 9.91. The smallest absolute Gasteiger partial charge is 0.223 e. The van der Waals surface area contributed by atoms with Crippen LogP contribution < -0.4 is 16.6 Å². The largest absolute Gasteiger partial charge is 0.353 e. The molecule has 0 saturated heterocycles. The van der Waals surface area contributed by atoms with Crippen molar-refractivity contribution >= 4 is 5.96 Å². The number of nitrogens with zero attached hydrogens (tertiary/aromatic N) is 3. The number of rotatable bonds is 3. The van der Waals surface area contributed by atoms with Crippen LogP contribution in [0.5, 0.6) is 0 Å². The van der Waals surface area contributed by atoms with Crippen LogP contribution in [0.25, 0.3) is 0 Å². The van der Waals surface area contributed by atoms with Crippen LogP contribution in [0.1, 0.15) is 24.6 Å². The molecule has 0 radical (unpaired) electrons. The first-order chi connectivity index (χ1) is 7.28. The maximum atomic E-state index is 5.31. The van der Waals surface area contributed by atoms with Crippen molar-refractivity contribution in [2.24, 2.45) is 10.8 Å². The van der Waals surface area contributed by atoms with Crippen LogP contribution >= 0.6 is 0 Å². The molecule has 1 heterocycles. The van der Waals surface area contributed by atoms with Crippen LogP contribution in [0.2, 0.25) is 0 Å². The summed E-state index contributed by atoms with van der Waals surface area (Å²) in [7, 11) is 0. The van der Waals surface area contributed by atoms with Crippen molar-refractivity contribution < 1.29 is 4.52 Å². The molecule has 1 aromatic rings. The first-order valence-electron chi connectivity index (χ1n) is 4.84. The Hall–Kier alpha value is -1.63. The number of guanidine groups is 1. The molecule has 0 bridgehead atoms. The highest BCUT2D eigenvalue weighted by molar-refractivity contribution is 5.79. The van der Waals surface area contributed by atoms with Gasteiger partial charge in [-0.1, -0.05) is 5.16 Å². The summed E-state index contributed by atoms with van der Waals surface area (Å²) < 4.78 is 4.82. The minimum absolute atomic E-state index is 0.358. The van der Waals surface area contributed by atoms with E-state index >= 15 is 0 Å². The van der Waals surface area contributed by atoms with Gasteiger partial charge in [-0.3, -0.25) is 5.43 Å². The SMILES string of the molecule is Cc1nc(CN=C(NN)NC2CC2)no1. The lowest BCUT2D eigenvalue weighted by Gasteiger charge is -2.06. The number of aryl methyl sites for hydroxylation is 1. The molecule has 1 aliphatic rings. The molecule has 82 valence electrons. The Morgan fingerprint density at radius 2 is 2.47 bits per heavy atom. The average Bonchev–Trinajstić information content (AvgIpc) is 2.95. The summed E-state index contributed by atoms with van der Waals surface area (Å²) >= 11 is 0. The molecular weight excluding hydrogens is 196 g/mol. The van der Waals surface area contributed by atoms with Crippen molar-refractivity contribution in [1.82, 2.24) is 20.9 Å². The maximum absolute atomic E-state index is 5.31. The predicted octanol–water partition coefficient (Wildman–Crippen LogP) is -0.551. The summed E-state index contributed by atoms with van der Waals surface area (Å²) in [6.45, 7) is 2.10. The van der Waals surface area contributed by atoms with E-state index in [1.54, 1.807) is 6.92 Å². The molecule has 0 atom stereocenters. The Balaban J connectivity index is 1.89. The Labute approximate surface area is 87.1 Å². The van der Waals surface area contributed by atoms with Gasteiger partial charge in [0.1, 0.15) is 6.54 Å². The molecule has 4 N–H and O–H groups in total. The fraction of sp³-hybridized carbons (Fsp3) is 0.625. The highest BCUT2D eigenvalue weighted by Gasteiger charge is 2.21. The van der Waals surface area contributed by atoms with E-state index < -0.39 is 0 Å². The minimum Gasteiger partial charge on any atom is -0.353 e. The number of aromatic nitrogens is 2. The summed E-state index contributed by atoms with van der Waals surface area (Å²) in [6, 6.07) is 0.506. The zero-order valence-electron chi connectivity index (χ0n) is 8.53. The second-order valence-corrected chi connectivity index (χ2v) is 3.46. The molecule has 0 aromatic carbocycles. The molecule has 7 heteroatoms. The van der Waals surface area contributed by atoms with Gasteiger partial charge in [-0.05, 0) is 12.8 Å². The van der Waals surface area contributed by atoms with Gasteiger partial charge in [-0.25, -0.2) is 10.8 Å². The van der Waals surface area contributed by atoms with E-state index in [4.69, 9.17) is 10.4 Å². The van der Waals surface area contributed by atoms with Gasteiger partial charge in [0.15, 0.2) is 5.82 Å². The van der Waals surface area contributed by atoms with Crippen molar-refractivity contribution in [3.63, 3.8) is 0 Å². The molecule has 0 spiro atoms. The number of nitrogens with one attached hydrogen (secondary N) is 2. The van der Waals surface area contributed by atoms with Crippen molar-refractivity contribution in [3.05, 3.63) is 11.7 Å². The summed E-state index contributed by atoms with van der Waals surface area (Å²) in [4.78, 5) is 8.22. The van der Waals surface area contributed by atoms with Crippen LogP contribution in [0.3, 0.4) is 0 Å². The number of hydrazine groups is 1. The lowest BCUT2D eigenvalue weighted by atomic mass is 10.6. The van der Waals surface area contributed by atoms with Crippen molar-refractivity contribution in [3.8, 4) is 0 Å². The zero-order valence-corrected chi connectivity index (χ0v) is 8.53. The van der Waals surface area contributed by atoms with Gasteiger partial charge < -0.3 is 9.84 Å². The minimum atomic E-state index is 0.358. The molecule has 2 rings (SSSR count). The fourth-order valence-corrected chi connectivity index (χ4v) is 1.11. The molecule has 1 fully saturated rings. The third-order valence-electron chi connectivity index (χ3n) is 2.00. The monoisotopic (exact) mass is 210 g/mol. The van der Waals surface area contributed by atoms with Crippen LogP contribution in [0.4, 0.5) is 0 Å². The first-order valence-corrected chi connectivity index (χ1v) is 4.84. The van der Waals surface area contributed by atoms with Crippen LogP contribution in [0.15, 0.2) is 9.52 Å². The van der Waals surface area contributed by atoms with E-state index in [-0.39, 0.29) is 0 Å². The van der Waals surface area contributed by atoms with Crippen molar-refractivity contribution in [1.29, 1.82) is 0 Å². The van der Waals surface area contributed by atoms with Gasteiger partial charge in [0.2, 0.25) is 11.9 Å². The Morgan fingerprint density at radius 3 is 3.00 bits per heavy atom. The van der Waals surface area contributed by atoms with Gasteiger partial charge in [-0.2, -0.15) is 4.98 Å². The Kier molecular flexibility index (Phi) is 2.82. The molecule has 7 nitrogen and oxygen atoms in total. The van der Waals surface area contributed by atoms with E-state index in [1.165, 1.54) is 12.8 Å². The molecule has 1 saturated carbocycles. The highest BCUT2D eigenvalue weighted by atomic mass is 16.5. The van der Waals surface area contributed by atoms with Gasteiger partial charge in [0.05, 0.1) is 0 Å². The van der Waals surface area contributed by atoms with Gasteiger partial charge in [-0.15, -0.1) is 0 Å². The summed E-state index contributed by atoms with van der Waals surface area (Å²) in [5, 5.41) is 6.87. The van der Waals surface area contributed by atoms with Crippen LogP contribution in [-0.4, -0.2) is 22.1 Å². The molecule has 0 unspecified atom stereocenters. The third-order valence-corrected chi connectivity index (χ3v) is 2.00. The quantitative estimate of drug-likeness (QED) is 0.268. The van der Waals surface area contributed by atoms with Gasteiger partial charge in [0.25, 0.3) is 0 Å². The van der Waals surface area contributed by atoms with Gasteiger partial charge >= 0.3 is 0 Å². The predicted molar refractivity (Wildman–Crippen MR) is 53.7 cm³/mol. The molecule has 1 aliphatic carbocycles. The lowest BCUT2D eigenvalue weighted by Crippen LogP contribution is -2.42. The van der Waals surface area contributed by atoms with Crippen molar-refractivity contribution in [2.75, 3.05) is 0 Å². The van der Waals surface area contributed by atoms with Gasteiger partial charge in [0, 0.05) is 13.0 Å². The summed E-state index contributed by atoms with van der Waals surface area (Å²) in [6.07, 6.45) is 2.34. The molecule has 15 heavy (non-hydrogen) atoms. The van der Waals surface area contributed by atoms with Crippen LogP contribution in [-0.2, 0) is 6.54 Å². The molecular formula is C8H14N6O. The highest BCUT2D eigenvalue weighted by Crippen LogP contribution is 2.18. The fourth-order valence-electron chi connectivity index (χ4n) is 1.11. The lowest BCUT2D eigenvalue weighted by molar-refractivity contribution is 0.387. The van der Waals surface area contributed by atoms with E-state index in [9.17, 15) is 0 Å². The topological polar surface area (TPSA) is 101 Å². The van der Waals surface area contributed by atoms with E-state index in [2.05, 4.69) is 25.9 Å². The second-order valence-electron chi connectivity index (χ2n) is 3.46. The average molecular weight is 210 g/mol. The summed E-state index contributed by atoms with van der Waals surface area (Å²) in [5.41, 5.74) is 2.50. The van der Waals surface area contributed by atoms with Crippen molar-refractivity contribution in [2.45, 2.75) is 32.4 Å². The van der Waals surface area contributed by atoms with E-state index in [0.717, 1.165) is 0 Å². The zero-order chi connectivity index (χ0) is 10.7. The maximum Gasteiger partial charge on any atom is 0.223 e. The third kappa shape index (κ3) is 2.91. The summed E-state index contributed by atoms with van der Waals surface area (Å²) in [5.74, 6) is 6.97. The Morgan fingerprint density at radius 1 is 1.67 bits per heavy atom. The standard InChI is InChI=1S/C8H14N6O/c1-5-11-7(14-15-5)4-10-8(13-9)12-6-2-3-6/h6H,2-4,9H2,1H3,(H2,10,12,13). The second kappa shape index (κ2) is 4.26. The Bertz CT molecular complexity index is 356. The number of aliphatic imine (C=N–C) groups is 1. The molecule has 1 aromatic heterocycles. The normalized spacial score (nSPS) is 16.5.